The molecule has 0 saturated heterocycles. The van der Waals surface area contributed by atoms with Crippen LogP contribution in [0.3, 0.4) is 0 Å². The predicted molar refractivity (Wildman–Crippen MR) is 62.3 cm³/mol. The highest BCUT2D eigenvalue weighted by Crippen LogP contribution is 2.05. The summed E-state index contributed by atoms with van der Waals surface area (Å²) in [6.45, 7) is 0. The van der Waals surface area contributed by atoms with Gasteiger partial charge in [0, 0.05) is 12.3 Å². The fraction of sp³-hybridized carbons (Fsp3) is 0. The molecular formula is C11H10N4O2. The van der Waals surface area contributed by atoms with Crippen molar-refractivity contribution in [3.63, 3.8) is 0 Å². The van der Waals surface area contributed by atoms with E-state index in [0.29, 0.717) is 16.1 Å². The van der Waals surface area contributed by atoms with Crippen LogP contribution in [0.5, 0.6) is 0 Å². The van der Waals surface area contributed by atoms with E-state index >= 15 is 0 Å². The molecule has 0 saturated carbocycles. The molecule has 0 aromatic carbocycles. The normalized spacial score (nSPS) is 9.65. The Hall–Kier alpha value is -2.63. The van der Waals surface area contributed by atoms with E-state index in [1.54, 1.807) is 30.5 Å². The van der Waals surface area contributed by atoms with Gasteiger partial charge in [-0.15, -0.1) is 0 Å². The van der Waals surface area contributed by atoms with E-state index in [9.17, 15) is 10.0 Å². The van der Waals surface area contributed by atoms with Gasteiger partial charge >= 0.3 is 6.03 Å². The van der Waals surface area contributed by atoms with Crippen LogP contribution >= 0.6 is 0 Å². The Morgan fingerprint density at radius 3 is 2.71 bits per heavy atom. The molecule has 0 radical (unpaired) electrons. The molecule has 0 aliphatic carbocycles. The molecule has 0 unspecified atom stereocenters. The van der Waals surface area contributed by atoms with E-state index in [2.05, 4.69) is 15.6 Å². The van der Waals surface area contributed by atoms with Crippen molar-refractivity contribution < 1.29 is 9.52 Å². The largest absolute Gasteiger partial charge is 0.619 e. The second-order valence-corrected chi connectivity index (χ2v) is 3.27. The zero-order valence-corrected chi connectivity index (χ0v) is 8.83. The number of carbonyl (C=O) groups excluding carboxylic acids is 1. The fourth-order valence-corrected chi connectivity index (χ4v) is 1.26. The lowest BCUT2D eigenvalue weighted by Crippen LogP contribution is -2.26. The average Bonchev–Trinajstić information content (AvgIpc) is 2.30. The van der Waals surface area contributed by atoms with Crippen molar-refractivity contribution in [3.8, 4) is 0 Å². The zero-order chi connectivity index (χ0) is 12.1. The average molecular weight is 230 g/mol. The summed E-state index contributed by atoms with van der Waals surface area (Å²) in [5, 5.41) is 16.1. The van der Waals surface area contributed by atoms with Crippen LogP contribution < -0.4 is 15.4 Å². The number of urea groups is 1. The van der Waals surface area contributed by atoms with Crippen molar-refractivity contribution >= 4 is 17.4 Å². The summed E-state index contributed by atoms with van der Waals surface area (Å²) in [4.78, 5) is 15.4. The van der Waals surface area contributed by atoms with Gasteiger partial charge in [0.15, 0.2) is 6.20 Å². The van der Waals surface area contributed by atoms with Gasteiger partial charge in [-0.3, -0.25) is 4.98 Å². The predicted octanol–water partition coefficient (Wildman–Crippen LogP) is 1.36. The van der Waals surface area contributed by atoms with Gasteiger partial charge in [0.25, 0.3) is 0 Å². The van der Waals surface area contributed by atoms with Gasteiger partial charge in [0.05, 0.1) is 11.9 Å². The third-order valence-electron chi connectivity index (χ3n) is 1.95. The van der Waals surface area contributed by atoms with Crippen molar-refractivity contribution in [2.75, 3.05) is 10.6 Å². The van der Waals surface area contributed by atoms with Crippen LogP contribution in [0, 0.1) is 5.21 Å². The summed E-state index contributed by atoms with van der Waals surface area (Å²) < 4.78 is 0.611. The summed E-state index contributed by atoms with van der Waals surface area (Å²) in [7, 11) is 0. The first-order valence-electron chi connectivity index (χ1n) is 4.91. The van der Waals surface area contributed by atoms with Gasteiger partial charge < -0.3 is 15.8 Å². The monoisotopic (exact) mass is 230 g/mol. The molecule has 6 nitrogen and oxygen atoms in total. The first-order chi connectivity index (χ1) is 8.24. The topological polar surface area (TPSA) is 81.0 Å². The first kappa shape index (κ1) is 10.9. The molecule has 86 valence electrons. The Kier molecular flexibility index (Phi) is 3.15. The number of nitrogens with one attached hydrogen (secondary N) is 2. The minimum Gasteiger partial charge on any atom is -0.619 e. The van der Waals surface area contributed by atoms with E-state index in [-0.39, 0.29) is 0 Å². The summed E-state index contributed by atoms with van der Waals surface area (Å²) in [6.07, 6.45) is 5.74. The molecule has 0 atom stereocenters. The number of nitrogens with zero attached hydrogens (tertiary/aromatic N) is 2. The molecule has 17 heavy (non-hydrogen) atoms. The lowest BCUT2D eigenvalue weighted by atomic mass is 10.4. The third kappa shape index (κ3) is 3.16. The fourth-order valence-electron chi connectivity index (χ4n) is 1.26. The molecule has 2 aromatic rings. The minimum atomic E-state index is -0.427. The second kappa shape index (κ2) is 4.93. The minimum absolute atomic E-state index is 0.420. The van der Waals surface area contributed by atoms with Crippen LogP contribution in [0.2, 0.25) is 0 Å². The molecular weight excluding hydrogens is 220 g/mol. The van der Waals surface area contributed by atoms with Crippen molar-refractivity contribution in [2.24, 2.45) is 0 Å². The van der Waals surface area contributed by atoms with Crippen LogP contribution in [-0.4, -0.2) is 11.0 Å². The lowest BCUT2D eigenvalue weighted by molar-refractivity contribution is -0.604. The van der Waals surface area contributed by atoms with Crippen LogP contribution in [0.1, 0.15) is 0 Å². The molecule has 0 aliphatic rings. The van der Waals surface area contributed by atoms with Gasteiger partial charge in [-0.25, -0.2) is 4.79 Å². The van der Waals surface area contributed by atoms with Crippen molar-refractivity contribution in [1.82, 2.24) is 4.98 Å². The van der Waals surface area contributed by atoms with E-state index in [0.717, 1.165) is 0 Å². The van der Waals surface area contributed by atoms with E-state index in [4.69, 9.17) is 0 Å². The standard InChI is InChI=1S/C11H10N4O2/c16-11(13-9-3-1-5-12-7-9)14-10-4-2-6-15(17)8-10/h1-8H,(H2,13,14,16). The highest BCUT2D eigenvalue weighted by Gasteiger charge is 2.04. The van der Waals surface area contributed by atoms with E-state index in [1.807, 2.05) is 0 Å². The van der Waals surface area contributed by atoms with Gasteiger partial charge in [-0.1, -0.05) is 0 Å². The summed E-state index contributed by atoms with van der Waals surface area (Å²) in [6, 6.07) is 6.17. The number of hydrogen-bond donors (Lipinski definition) is 2. The Morgan fingerprint density at radius 1 is 1.24 bits per heavy atom. The molecule has 2 amide bonds. The number of anilines is 2. The van der Waals surface area contributed by atoms with Crippen LogP contribution in [0.25, 0.3) is 0 Å². The number of aromatic nitrogens is 2. The van der Waals surface area contributed by atoms with Crippen molar-refractivity contribution in [1.29, 1.82) is 0 Å². The van der Waals surface area contributed by atoms with Crippen molar-refractivity contribution in [3.05, 3.63) is 54.3 Å². The summed E-state index contributed by atoms with van der Waals surface area (Å²) >= 11 is 0. The van der Waals surface area contributed by atoms with Gasteiger partial charge in [0.1, 0.15) is 5.69 Å². The van der Waals surface area contributed by atoms with E-state index < -0.39 is 6.03 Å². The molecule has 6 heteroatoms. The molecule has 2 heterocycles. The van der Waals surface area contributed by atoms with Crippen LogP contribution in [-0.2, 0) is 0 Å². The number of carbonyl (C=O) groups is 1. The molecule has 2 N–H and O–H groups in total. The van der Waals surface area contributed by atoms with E-state index in [1.165, 1.54) is 18.6 Å². The molecule has 0 fully saturated rings. The smallest absolute Gasteiger partial charge is 0.323 e. The van der Waals surface area contributed by atoms with Gasteiger partial charge in [0.2, 0.25) is 6.20 Å². The van der Waals surface area contributed by atoms with Gasteiger partial charge in [-0.05, 0) is 18.2 Å². The molecule has 0 spiro atoms. The summed E-state index contributed by atoms with van der Waals surface area (Å²) in [5.74, 6) is 0. The highest BCUT2D eigenvalue weighted by atomic mass is 16.5. The maximum absolute atomic E-state index is 11.5. The quantitative estimate of drug-likeness (QED) is 0.603. The molecule has 2 aromatic heterocycles. The van der Waals surface area contributed by atoms with Crippen LogP contribution in [0.4, 0.5) is 16.2 Å². The highest BCUT2D eigenvalue weighted by molar-refractivity contribution is 5.99. The SMILES string of the molecule is O=C(Nc1cccnc1)Nc1ccc[n+]([O-])c1. The van der Waals surface area contributed by atoms with Crippen LogP contribution in [0.15, 0.2) is 49.1 Å². The first-order valence-corrected chi connectivity index (χ1v) is 4.91. The maximum Gasteiger partial charge on any atom is 0.323 e. The molecule has 0 bridgehead atoms. The lowest BCUT2D eigenvalue weighted by Gasteiger charge is -2.06. The number of pyridine rings is 2. The Labute approximate surface area is 97.5 Å². The Bertz CT molecular complexity index is 516. The number of amides is 2. The summed E-state index contributed by atoms with van der Waals surface area (Å²) in [5.41, 5.74) is 1.000. The Balaban J connectivity index is 1.98. The Morgan fingerprint density at radius 2 is 2.00 bits per heavy atom. The zero-order valence-electron chi connectivity index (χ0n) is 8.83. The number of hydrogen-bond acceptors (Lipinski definition) is 3. The maximum atomic E-state index is 11.5. The third-order valence-corrected chi connectivity index (χ3v) is 1.95. The second-order valence-electron chi connectivity index (χ2n) is 3.27. The van der Waals surface area contributed by atoms with Crippen molar-refractivity contribution in [2.45, 2.75) is 0 Å². The van der Waals surface area contributed by atoms with Gasteiger partial charge in [-0.2, -0.15) is 4.73 Å². The molecule has 0 aliphatic heterocycles. The molecule has 2 rings (SSSR count). The number of rotatable bonds is 2.